The molecule has 0 radical (unpaired) electrons. The van der Waals surface area contributed by atoms with Gasteiger partial charge in [-0.25, -0.2) is 4.79 Å². The Morgan fingerprint density at radius 3 is 2.67 bits per heavy atom. The maximum atomic E-state index is 12.2. The Labute approximate surface area is 160 Å². The zero-order valence-electron chi connectivity index (χ0n) is 15.2. The number of anilines is 1. The van der Waals surface area contributed by atoms with E-state index in [0.717, 1.165) is 4.88 Å². The molecule has 0 spiro atoms. The molecule has 0 aliphatic carbocycles. The highest BCUT2D eigenvalue weighted by molar-refractivity contribution is 7.16. The van der Waals surface area contributed by atoms with E-state index >= 15 is 0 Å². The molecule has 8 nitrogen and oxygen atoms in total. The minimum atomic E-state index is -0.544. The molecule has 0 aliphatic rings. The number of benzene rings is 1. The third-order valence-electron chi connectivity index (χ3n) is 3.47. The molecule has 0 aliphatic heterocycles. The Morgan fingerprint density at radius 1 is 1.30 bits per heavy atom. The molecule has 1 amide bonds. The third-order valence-corrected chi connectivity index (χ3v) is 4.82. The summed E-state index contributed by atoms with van der Waals surface area (Å²) in [5.41, 5.74) is 0.173. The van der Waals surface area contributed by atoms with Crippen molar-refractivity contribution in [2.45, 2.75) is 26.7 Å². The van der Waals surface area contributed by atoms with Crippen molar-refractivity contribution in [1.82, 2.24) is 0 Å². The summed E-state index contributed by atoms with van der Waals surface area (Å²) < 4.78 is 10.3. The normalized spacial score (nSPS) is 10.5. The fraction of sp³-hybridized carbons (Fsp3) is 0.333. The first-order chi connectivity index (χ1) is 12.8. The van der Waals surface area contributed by atoms with Crippen LogP contribution < -0.4 is 10.1 Å². The largest absolute Gasteiger partial charge is 0.484 e. The van der Waals surface area contributed by atoms with E-state index in [1.165, 1.54) is 35.6 Å². The summed E-state index contributed by atoms with van der Waals surface area (Å²) in [6.07, 6.45) is 0. The molecule has 0 fully saturated rings. The minimum absolute atomic E-state index is 0.127. The van der Waals surface area contributed by atoms with Crippen LogP contribution in [0.5, 0.6) is 5.75 Å². The molecule has 27 heavy (non-hydrogen) atoms. The van der Waals surface area contributed by atoms with Gasteiger partial charge in [-0.2, -0.15) is 0 Å². The predicted molar refractivity (Wildman–Crippen MR) is 102 cm³/mol. The molecule has 0 saturated carbocycles. The van der Waals surface area contributed by atoms with E-state index in [1.54, 1.807) is 13.0 Å². The first kappa shape index (κ1) is 20.4. The molecule has 0 atom stereocenters. The molecule has 1 aromatic heterocycles. The first-order valence-corrected chi connectivity index (χ1v) is 9.11. The monoisotopic (exact) mass is 392 g/mol. The second kappa shape index (κ2) is 9.13. The number of rotatable bonds is 8. The molecule has 144 valence electrons. The number of nitro benzene ring substituents is 1. The van der Waals surface area contributed by atoms with E-state index in [9.17, 15) is 19.7 Å². The second-order valence-corrected chi connectivity index (χ2v) is 6.94. The lowest BCUT2D eigenvalue weighted by Crippen LogP contribution is -2.21. The Kier molecular flexibility index (Phi) is 6.89. The van der Waals surface area contributed by atoms with Gasteiger partial charge in [0.2, 0.25) is 0 Å². The maximum absolute atomic E-state index is 12.2. The van der Waals surface area contributed by atoms with Crippen LogP contribution in [0.15, 0.2) is 30.3 Å². The third kappa shape index (κ3) is 5.52. The summed E-state index contributed by atoms with van der Waals surface area (Å²) in [5, 5.41) is 13.8. The van der Waals surface area contributed by atoms with Crippen LogP contribution in [0.25, 0.3) is 0 Å². The number of hydrogen-bond acceptors (Lipinski definition) is 7. The van der Waals surface area contributed by atoms with Gasteiger partial charge in [0.15, 0.2) is 6.61 Å². The van der Waals surface area contributed by atoms with Gasteiger partial charge in [-0.15, -0.1) is 11.3 Å². The lowest BCUT2D eigenvalue weighted by Gasteiger charge is -2.08. The smallest absolute Gasteiger partial charge is 0.341 e. The van der Waals surface area contributed by atoms with Crippen molar-refractivity contribution in [2.75, 3.05) is 18.5 Å². The molecule has 1 heterocycles. The van der Waals surface area contributed by atoms with E-state index in [2.05, 4.69) is 5.32 Å². The average Bonchev–Trinajstić information content (AvgIpc) is 3.04. The topological polar surface area (TPSA) is 108 Å². The van der Waals surface area contributed by atoms with Crippen LogP contribution in [-0.4, -0.2) is 30.0 Å². The van der Waals surface area contributed by atoms with Crippen molar-refractivity contribution in [3.63, 3.8) is 0 Å². The van der Waals surface area contributed by atoms with Crippen molar-refractivity contribution < 1.29 is 24.0 Å². The van der Waals surface area contributed by atoms with Crippen molar-refractivity contribution in [3.8, 4) is 5.75 Å². The van der Waals surface area contributed by atoms with Gasteiger partial charge in [0.1, 0.15) is 10.8 Å². The molecule has 1 N–H and O–H groups in total. The van der Waals surface area contributed by atoms with Crippen LogP contribution in [0, 0.1) is 10.1 Å². The molecule has 0 saturated heterocycles. The molecule has 0 unspecified atom stereocenters. The second-order valence-electron chi connectivity index (χ2n) is 5.86. The number of non-ortho nitro benzene ring substituents is 1. The number of amides is 1. The number of hydrogen-bond donors (Lipinski definition) is 1. The highest BCUT2D eigenvalue weighted by Gasteiger charge is 2.20. The van der Waals surface area contributed by atoms with Crippen molar-refractivity contribution >= 4 is 33.9 Å². The summed E-state index contributed by atoms with van der Waals surface area (Å²) in [4.78, 5) is 35.5. The number of nitrogens with one attached hydrogen (secondary N) is 1. The number of carbonyl (C=O) groups is 2. The van der Waals surface area contributed by atoms with Crippen molar-refractivity contribution in [1.29, 1.82) is 0 Å². The summed E-state index contributed by atoms with van der Waals surface area (Å²) >= 11 is 1.30. The van der Waals surface area contributed by atoms with Crippen LogP contribution in [0.1, 0.15) is 41.9 Å². The number of carbonyl (C=O) groups excluding carboxylic acids is 2. The van der Waals surface area contributed by atoms with E-state index in [4.69, 9.17) is 9.47 Å². The van der Waals surface area contributed by atoms with Crippen molar-refractivity contribution in [3.05, 3.63) is 50.9 Å². The summed E-state index contributed by atoms with van der Waals surface area (Å²) in [6, 6.07) is 7.27. The van der Waals surface area contributed by atoms with Crippen LogP contribution in [0.2, 0.25) is 0 Å². The Bertz CT molecular complexity index is 846. The molecule has 2 rings (SSSR count). The zero-order valence-corrected chi connectivity index (χ0v) is 16.0. The molecular weight excluding hydrogens is 372 g/mol. The van der Waals surface area contributed by atoms with Gasteiger partial charge in [-0.05, 0) is 25.0 Å². The quantitative estimate of drug-likeness (QED) is 0.414. The number of nitrogens with zero attached hydrogens (tertiary/aromatic N) is 1. The summed E-state index contributed by atoms with van der Waals surface area (Å²) in [5.74, 6) is -0.589. The Hall–Kier alpha value is -2.94. The Balaban J connectivity index is 2.07. The predicted octanol–water partition coefficient (Wildman–Crippen LogP) is 3.97. The molecular formula is C18H20N2O6S. The number of ether oxygens (including phenoxy) is 2. The van der Waals surface area contributed by atoms with Gasteiger partial charge in [0.25, 0.3) is 11.6 Å². The molecule has 2 aromatic rings. The van der Waals surface area contributed by atoms with Crippen LogP contribution in [0.3, 0.4) is 0 Å². The van der Waals surface area contributed by atoms with Gasteiger partial charge < -0.3 is 14.8 Å². The number of esters is 1. The van der Waals surface area contributed by atoms with E-state index < -0.39 is 16.8 Å². The Morgan fingerprint density at radius 2 is 2.04 bits per heavy atom. The van der Waals surface area contributed by atoms with Crippen LogP contribution >= 0.6 is 11.3 Å². The lowest BCUT2D eigenvalue weighted by molar-refractivity contribution is -0.384. The average molecular weight is 392 g/mol. The lowest BCUT2D eigenvalue weighted by atomic mass is 10.1. The molecule has 9 heteroatoms. The van der Waals surface area contributed by atoms with E-state index in [0.29, 0.717) is 10.6 Å². The maximum Gasteiger partial charge on any atom is 0.341 e. The van der Waals surface area contributed by atoms with Crippen molar-refractivity contribution in [2.24, 2.45) is 0 Å². The molecule has 1 aromatic carbocycles. The summed E-state index contributed by atoms with van der Waals surface area (Å²) in [6.45, 7) is 5.56. The zero-order chi connectivity index (χ0) is 20.0. The van der Waals surface area contributed by atoms with Gasteiger partial charge in [0, 0.05) is 10.9 Å². The van der Waals surface area contributed by atoms with Gasteiger partial charge >= 0.3 is 5.97 Å². The minimum Gasteiger partial charge on any atom is -0.484 e. The van der Waals surface area contributed by atoms with Gasteiger partial charge in [-0.1, -0.05) is 19.9 Å². The highest BCUT2D eigenvalue weighted by atomic mass is 32.1. The fourth-order valence-electron chi connectivity index (χ4n) is 2.15. The fourth-order valence-corrected chi connectivity index (χ4v) is 3.21. The first-order valence-electron chi connectivity index (χ1n) is 8.29. The number of nitro groups is 1. The standard InChI is InChI=1S/C18H20N2O6S/c1-4-25-18(22)14-9-15(11(2)3)27-17(14)19-16(21)10-26-13-7-5-6-12(8-13)20(23)24/h5-9,11H,4,10H2,1-3H3,(H,19,21). The van der Waals surface area contributed by atoms with E-state index in [-0.39, 0.29) is 30.6 Å². The molecule has 0 bridgehead atoms. The van der Waals surface area contributed by atoms with Gasteiger partial charge in [0.05, 0.1) is 23.2 Å². The van der Waals surface area contributed by atoms with Crippen LogP contribution in [-0.2, 0) is 9.53 Å². The highest BCUT2D eigenvalue weighted by Crippen LogP contribution is 2.33. The van der Waals surface area contributed by atoms with Crippen LogP contribution in [0.4, 0.5) is 10.7 Å². The summed E-state index contributed by atoms with van der Waals surface area (Å²) in [7, 11) is 0. The SMILES string of the molecule is CCOC(=O)c1cc(C(C)C)sc1NC(=O)COc1cccc([N+](=O)[O-])c1. The number of thiophene rings is 1. The van der Waals surface area contributed by atoms with E-state index in [1.807, 2.05) is 13.8 Å². The van der Waals surface area contributed by atoms with Gasteiger partial charge in [-0.3, -0.25) is 14.9 Å².